The third-order valence-corrected chi connectivity index (χ3v) is 4.64. The number of aromatic nitrogens is 4. The first-order chi connectivity index (χ1) is 12.8. The van der Waals surface area contributed by atoms with Crippen molar-refractivity contribution in [3.8, 4) is 11.1 Å². The Morgan fingerprint density at radius 2 is 1.74 bits per heavy atom. The van der Waals surface area contributed by atoms with Crippen LogP contribution in [0, 0.1) is 5.92 Å². The second kappa shape index (κ2) is 8.12. The number of carbonyl (C=O) groups excluding carboxylic acids is 1. The van der Waals surface area contributed by atoms with Crippen LogP contribution in [0.4, 0.5) is 4.79 Å². The number of hydrogen-bond acceptors (Lipinski definition) is 5. The standard InChI is InChI=1S/C19H29N5O3/c1-19(2,3)27-18(26)22-6-4-15(5-7-22)12-24-14-17(11-21-24)16-10-20-23(13-16)8-9-25/h10-11,13-15,25H,4-9,12H2,1-3H3. The van der Waals surface area contributed by atoms with Gasteiger partial charge in [-0.15, -0.1) is 0 Å². The molecular formula is C19H29N5O3. The molecule has 2 aromatic heterocycles. The van der Waals surface area contributed by atoms with Crippen LogP contribution in [0.25, 0.3) is 11.1 Å². The molecule has 1 N–H and O–H groups in total. The molecule has 1 aliphatic heterocycles. The Bertz CT molecular complexity index is 753. The zero-order valence-electron chi connectivity index (χ0n) is 16.3. The van der Waals surface area contributed by atoms with Crippen molar-refractivity contribution in [2.75, 3.05) is 19.7 Å². The molecule has 1 fully saturated rings. The molecule has 0 radical (unpaired) electrons. The van der Waals surface area contributed by atoms with E-state index in [4.69, 9.17) is 9.84 Å². The second-order valence-electron chi connectivity index (χ2n) is 8.08. The maximum atomic E-state index is 12.2. The van der Waals surface area contributed by atoms with Gasteiger partial charge in [-0.05, 0) is 39.5 Å². The molecule has 0 unspecified atom stereocenters. The van der Waals surface area contributed by atoms with Crippen molar-refractivity contribution < 1.29 is 14.6 Å². The largest absolute Gasteiger partial charge is 0.444 e. The summed E-state index contributed by atoms with van der Waals surface area (Å²) in [6, 6.07) is 0. The number of ether oxygens (including phenoxy) is 1. The van der Waals surface area contributed by atoms with Crippen LogP contribution in [-0.2, 0) is 17.8 Å². The van der Waals surface area contributed by atoms with Gasteiger partial charge in [-0.1, -0.05) is 0 Å². The third kappa shape index (κ3) is 5.32. The van der Waals surface area contributed by atoms with E-state index in [9.17, 15) is 4.79 Å². The van der Waals surface area contributed by atoms with Gasteiger partial charge in [0.05, 0.1) is 25.5 Å². The van der Waals surface area contributed by atoms with E-state index in [2.05, 4.69) is 10.2 Å². The molecule has 0 aromatic carbocycles. The number of rotatable bonds is 5. The Balaban J connectivity index is 1.51. The first-order valence-electron chi connectivity index (χ1n) is 9.48. The van der Waals surface area contributed by atoms with E-state index in [1.807, 2.05) is 44.0 Å². The fraction of sp³-hybridized carbons (Fsp3) is 0.632. The zero-order valence-corrected chi connectivity index (χ0v) is 16.3. The highest BCUT2D eigenvalue weighted by atomic mass is 16.6. The van der Waals surface area contributed by atoms with Crippen LogP contribution in [0.1, 0.15) is 33.6 Å². The van der Waals surface area contributed by atoms with Gasteiger partial charge < -0.3 is 14.7 Å². The summed E-state index contributed by atoms with van der Waals surface area (Å²) in [5.41, 5.74) is 1.56. The summed E-state index contributed by atoms with van der Waals surface area (Å²) >= 11 is 0. The van der Waals surface area contributed by atoms with Gasteiger partial charge in [0.2, 0.25) is 0 Å². The smallest absolute Gasteiger partial charge is 0.410 e. The Hall–Kier alpha value is -2.35. The molecule has 3 heterocycles. The van der Waals surface area contributed by atoms with Crippen molar-refractivity contribution in [3.05, 3.63) is 24.8 Å². The van der Waals surface area contributed by atoms with Gasteiger partial charge in [0, 0.05) is 43.2 Å². The molecule has 1 aliphatic rings. The number of piperidine rings is 1. The Kier molecular flexibility index (Phi) is 5.84. The summed E-state index contributed by atoms with van der Waals surface area (Å²) in [5, 5.41) is 17.7. The molecule has 0 saturated carbocycles. The lowest BCUT2D eigenvalue weighted by Gasteiger charge is -2.33. The molecule has 3 rings (SSSR count). The quantitative estimate of drug-likeness (QED) is 0.867. The Morgan fingerprint density at radius 3 is 2.33 bits per heavy atom. The van der Waals surface area contributed by atoms with Crippen LogP contribution in [0.3, 0.4) is 0 Å². The number of likely N-dealkylation sites (tertiary alicyclic amines) is 1. The average molecular weight is 375 g/mol. The van der Waals surface area contributed by atoms with Gasteiger partial charge in [-0.25, -0.2) is 4.79 Å². The molecule has 1 amide bonds. The van der Waals surface area contributed by atoms with Gasteiger partial charge >= 0.3 is 6.09 Å². The van der Waals surface area contributed by atoms with Crippen LogP contribution in [0.15, 0.2) is 24.8 Å². The summed E-state index contributed by atoms with van der Waals surface area (Å²) in [4.78, 5) is 13.9. The molecule has 0 spiro atoms. The van der Waals surface area contributed by atoms with Gasteiger partial charge in [0.15, 0.2) is 0 Å². The van der Waals surface area contributed by atoms with E-state index in [0.717, 1.165) is 43.6 Å². The molecule has 8 nitrogen and oxygen atoms in total. The van der Waals surface area contributed by atoms with Gasteiger partial charge in [-0.3, -0.25) is 9.36 Å². The van der Waals surface area contributed by atoms with E-state index in [1.165, 1.54) is 0 Å². The summed E-state index contributed by atoms with van der Waals surface area (Å²) < 4.78 is 9.13. The third-order valence-electron chi connectivity index (χ3n) is 4.64. The normalized spacial score (nSPS) is 15.9. The lowest BCUT2D eigenvalue weighted by molar-refractivity contribution is 0.0177. The van der Waals surface area contributed by atoms with Crippen molar-refractivity contribution in [1.29, 1.82) is 0 Å². The predicted octanol–water partition coefficient (Wildman–Crippen LogP) is 2.39. The summed E-state index contributed by atoms with van der Waals surface area (Å²) in [6.07, 6.45) is 9.25. The average Bonchev–Trinajstić information content (AvgIpc) is 3.24. The monoisotopic (exact) mass is 375 g/mol. The van der Waals surface area contributed by atoms with Gasteiger partial charge in [0.1, 0.15) is 5.60 Å². The van der Waals surface area contributed by atoms with Crippen LogP contribution in [-0.4, -0.2) is 61.0 Å². The number of amides is 1. The number of nitrogens with zero attached hydrogens (tertiary/aromatic N) is 5. The number of aliphatic hydroxyl groups is 1. The van der Waals surface area contributed by atoms with Crippen molar-refractivity contribution in [1.82, 2.24) is 24.5 Å². The maximum absolute atomic E-state index is 12.2. The zero-order chi connectivity index (χ0) is 19.4. The lowest BCUT2D eigenvalue weighted by atomic mass is 9.97. The van der Waals surface area contributed by atoms with E-state index >= 15 is 0 Å². The highest BCUT2D eigenvalue weighted by Crippen LogP contribution is 2.23. The van der Waals surface area contributed by atoms with Gasteiger partial charge in [-0.2, -0.15) is 10.2 Å². The lowest BCUT2D eigenvalue weighted by Crippen LogP contribution is -2.42. The van der Waals surface area contributed by atoms with Crippen molar-refractivity contribution in [2.24, 2.45) is 5.92 Å². The summed E-state index contributed by atoms with van der Waals surface area (Å²) in [5.74, 6) is 0.494. The molecule has 1 saturated heterocycles. The molecule has 2 aromatic rings. The first kappa shape index (κ1) is 19.4. The molecule has 0 atom stereocenters. The highest BCUT2D eigenvalue weighted by molar-refractivity contribution is 5.68. The summed E-state index contributed by atoms with van der Waals surface area (Å²) in [7, 11) is 0. The second-order valence-corrected chi connectivity index (χ2v) is 8.08. The Morgan fingerprint density at radius 1 is 1.15 bits per heavy atom. The van der Waals surface area contributed by atoms with Crippen LogP contribution in [0.2, 0.25) is 0 Å². The first-order valence-corrected chi connectivity index (χ1v) is 9.48. The minimum absolute atomic E-state index is 0.0718. The van der Waals surface area contributed by atoms with E-state index in [1.54, 1.807) is 15.8 Å². The minimum Gasteiger partial charge on any atom is -0.444 e. The number of aliphatic hydroxyl groups excluding tert-OH is 1. The number of carbonyl (C=O) groups is 1. The fourth-order valence-electron chi connectivity index (χ4n) is 3.24. The van der Waals surface area contributed by atoms with Crippen molar-refractivity contribution >= 4 is 6.09 Å². The van der Waals surface area contributed by atoms with Crippen molar-refractivity contribution in [3.63, 3.8) is 0 Å². The highest BCUT2D eigenvalue weighted by Gasteiger charge is 2.27. The van der Waals surface area contributed by atoms with Crippen molar-refractivity contribution in [2.45, 2.75) is 52.3 Å². The van der Waals surface area contributed by atoms with Crippen LogP contribution >= 0.6 is 0 Å². The molecule has 0 bridgehead atoms. The minimum atomic E-state index is -0.454. The fourth-order valence-corrected chi connectivity index (χ4v) is 3.24. The summed E-state index contributed by atoms with van der Waals surface area (Å²) in [6.45, 7) is 8.52. The van der Waals surface area contributed by atoms with Gasteiger partial charge in [0.25, 0.3) is 0 Å². The molecular weight excluding hydrogens is 346 g/mol. The molecule has 148 valence electrons. The molecule has 0 aliphatic carbocycles. The van der Waals surface area contributed by atoms with E-state index in [0.29, 0.717) is 12.5 Å². The Labute approximate surface area is 159 Å². The van der Waals surface area contributed by atoms with E-state index in [-0.39, 0.29) is 12.7 Å². The van der Waals surface area contributed by atoms with Crippen LogP contribution in [0.5, 0.6) is 0 Å². The SMILES string of the molecule is CC(C)(C)OC(=O)N1CCC(Cn2cc(-c3cnn(CCO)c3)cn2)CC1. The number of hydrogen-bond donors (Lipinski definition) is 1. The molecule has 27 heavy (non-hydrogen) atoms. The van der Waals surface area contributed by atoms with E-state index < -0.39 is 5.60 Å². The predicted molar refractivity (Wildman–Crippen MR) is 101 cm³/mol. The van der Waals surface area contributed by atoms with Crippen LogP contribution < -0.4 is 0 Å². The topological polar surface area (TPSA) is 85.4 Å². The molecule has 8 heteroatoms. The maximum Gasteiger partial charge on any atom is 0.410 e.